The second-order valence-electron chi connectivity index (χ2n) is 9.18. The van der Waals surface area contributed by atoms with E-state index in [2.05, 4.69) is 32.5 Å². The minimum Gasteiger partial charge on any atom is -0.471 e. The number of aromatic nitrogens is 2. The molecule has 2 saturated heterocycles. The van der Waals surface area contributed by atoms with Crippen LogP contribution in [0.25, 0.3) is 0 Å². The van der Waals surface area contributed by atoms with Crippen LogP contribution in [0, 0.1) is 0 Å². The molecule has 1 unspecified atom stereocenters. The van der Waals surface area contributed by atoms with Gasteiger partial charge >= 0.3 is 0 Å². The van der Waals surface area contributed by atoms with Gasteiger partial charge in [0, 0.05) is 36.8 Å². The molecule has 2 N–H and O–H groups in total. The molecule has 8 nitrogen and oxygen atoms in total. The fraction of sp³-hybridized carbons (Fsp3) is 0.370. The number of amides is 1. The molecule has 1 atom stereocenters. The Morgan fingerprint density at radius 3 is 2.75 bits per heavy atom. The van der Waals surface area contributed by atoms with E-state index in [0.717, 1.165) is 67.4 Å². The van der Waals surface area contributed by atoms with Crippen LogP contribution in [0.3, 0.4) is 0 Å². The van der Waals surface area contributed by atoms with E-state index in [4.69, 9.17) is 9.72 Å². The highest BCUT2D eigenvalue weighted by Gasteiger charge is 2.22. The maximum Gasteiger partial charge on any atom is 0.242 e. The largest absolute Gasteiger partial charge is 0.471 e. The molecule has 2 aliphatic heterocycles. The molecule has 0 saturated carbocycles. The third-order valence-corrected chi connectivity index (χ3v) is 7.33. The summed E-state index contributed by atoms with van der Waals surface area (Å²) in [6.45, 7) is 5.13. The van der Waals surface area contributed by atoms with Crippen molar-refractivity contribution in [2.24, 2.45) is 0 Å². The minimum atomic E-state index is -0.115. The summed E-state index contributed by atoms with van der Waals surface area (Å²) < 4.78 is 6.23. The molecule has 36 heavy (non-hydrogen) atoms. The van der Waals surface area contributed by atoms with Crippen LogP contribution in [0.5, 0.6) is 5.88 Å². The van der Waals surface area contributed by atoms with Gasteiger partial charge in [0.25, 0.3) is 0 Å². The van der Waals surface area contributed by atoms with Crippen molar-refractivity contribution in [2.75, 3.05) is 50.0 Å². The zero-order valence-electron chi connectivity index (χ0n) is 20.5. The predicted octanol–water partition coefficient (Wildman–Crippen LogP) is 3.65. The van der Waals surface area contributed by atoms with Gasteiger partial charge in [0.15, 0.2) is 5.16 Å². The number of carbonyl (C=O) groups is 1. The Kier molecular flexibility index (Phi) is 8.00. The number of benzene rings is 2. The smallest absolute Gasteiger partial charge is 0.242 e. The van der Waals surface area contributed by atoms with Crippen LogP contribution in [0.2, 0.25) is 0 Å². The van der Waals surface area contributed by atoms with E-state index >= 15 is 0 Å². The fourth-order valence-electron chi connectivity index (χ4n) is 4.37. The van der Waals surface area contributed by atoms with Crippen molar-refractivity contribution in [1.82, 2.24) is 20.2 Å². The van der Waals surface area contributed by atoms with Crippen LogP contribution in [0.15, 0.2) is 70.8 Å². The molecule has 3 heterocycles. The number of hydrogen-bond donors (Lipinski definition) is 2. The Balaban J connectivity index is 1.32. The average molecular weight is 505 g/mol. The number of likely N-dealkylation sites (N-methyl/N-ethyl adjacent to an activating group) is 1. The van der Waals surface area contributed by atoms with Gasteiger partial charge in [0.2, 0.25) is 11.8 Å². The summed E-state index contributed by atoms with van der Waals surface area (Å²) in [6.07, 6.45) is 3.78. The van der Waals surface area contributed by atoms with Crippen LogP contribution in [-0.2, 0) is 11.4 Å². The van der Waals surface area contributed by atoms with E-state index in [0.29, 0.717) is 17.6 Å². The van der Waals surface area contributed by atoms with E-state index in [1.54, 1.807) is 0 Å². The van der Waals surface area contributed by atoms with Gasteiger partial charge in [-0.15, -0.1) is 0 Å². The lowest BCUT2D eigenvalue weighted by molar-refractivity contribution is -0.117. The molecule has 0 bridgehead atoms. The molecule has 3 aromatic rings. The van der Waals surface area contributed by atoms with Crippen molar-refractivity contribution in [3.05, 3.63) is 66.4 Å². The molecule has 1 aromatic heterocycles. The van der Waals surface area contributed by atoms with E-state index in [9.17, 15) is 4.79 Å². The molecule has 0 radical (unpaired) electrons. The van der Waals surface area contributed by atoms with Gasteiger partial charge in [-0.25, -0.2) is 4.98 Å². The highest BCUT2D eigenvalue weighted by atomic mass is 32.2. The summed E-state index contributed by atoms with van der Waals surface area (Å²) in [4.78, 5) is 27.5. The molecule has 9 heteroatoms. The van der Waals surface area contributed by atoms with Gasteiger partial charge in [-0.05, 0) is 62.0 Å². The molecular formula is C27H32N6O2S. The molecule has 0 spiro atoms. The summed E-state index contributed by atoms with van der Waals surface area (Å²) in [5.74, 6) is 0.608. The van der Waals surface area contributed by atoms with Crippen LogP contribution in [0.1, 0.15) is 18.4 Å². The Hall–Kier alpha value is -3.14. The second-order valence-corrected chi connectivity index (χ2v) is 10.2. The van der Waals surface area contributed by atoms with Gasteiger partial charge in [-0.2, -0.15) is 4.98 Å². The molecule has 2 aliphatic rings. The summed E-state index contributed by atoms with van der Waals surface area (Å²) >= 11 is 1.46. The van der Waals surface area contributed by atoms with Gasteiger partial charge in [-0.1, -0.05) is 36.4 Å². The molecule has 1 amide bonds. The van der Waals surface area contributed by atoms with Gasteiger partial charge < -0.3 is 25.2 Å². The number of rotatable bonds is 8. The van der Waals surface area contributed by atoms with E-state index in [-0.39, 0.29) is 11.9 Å². The third-order valence-electron chi connectivity index (χ3n) is 6.46. The van der Waals surface area contributed by atoms with Gasteiger partial charge in [0.1, 0.15) is 12.3 Å². The van der Waals surface area contributed by atoms with Crippen molar-refractivity contribution in [3.8, 4) is 5.88 Å². The van der Waals surface area contributed by atoms with E-state index in [1.807, 2.05) is 60.8 Å². The summed E-state index contributed by atoms with van der Waals surface area (Å²) in [6, 6.07) is 17.8. The number of piperazine rings is 1. The van der Waals surface area contributed by atoms with Crippen LogP contribution >= 0.6 is 11.8 Å². The maximum atomic E-state index is 12.5. The van der Waals surface area contributed by atoms with Crippen molar-refractivity contribution >= 4 is 29.0 Å². The van der Waals surface area contributed by atoms with Crippen molar-refractivity contribution in [1.29, 1.82) is 0 Å². The zero-order chi connectivity index (χ0) is 24.7. The van der Waals surface area contributed by atoms with Gasteiger partial charge in [0.05, 0.1) is 12.2 Å². The summed E-state index contributed by atoms with van der Waals surface area (Å²) in [5, 5.41) is 6.87. The zero-order valence-corrected chi connectivity index (χ0v) is 21.3. The maximum absolute atomic E-state index is 12.5. The first-order valence-electron chi connectivity index (χ1n) is 12.4. The number of hydrogen-bond acceptors (Lipinski definition) is 8. The average Bonchev–Trinajstić information content (AvgIpc) is 3.45. The lowest BCUT2D eigenvalue weighted by atomic mass is 10.2. The van der Waals surface area contributed by atoms with Crippen LogP contribution < -0.4 is 20.3 Å². The highest BCUT2D eigenvalue weighted by Crippen LogP contribution is 2.33. The Morgan fingerprint density at radius 1 is 1.14 bits per heavy atom. The van der Waals surface area contributed by atoms with Gasteiger partial charge in [-0.3, -0.25) is 4.79 Å². The lowest BCUT2D eigenvalue weighted by Crippen LogP contribution is -2.44. The summed E-state index contributed by atoms with van der Waals surface area (Å²) in [7, 11) is 2.14. The standard InChI is InChI=1S/C27H32N6O2S/c1-32-13-15-33(16-14-32)24-18-29-27(31-26(24)35-19-20-7-3-2-4-8-20)36-22-10-5-9-21(17-22)30-25(34)23-11-6-12-28-23/h2-5,7-10,17-18,23,28H,6,11-16,19H2,1H3,(H,30,34). The number of nitrogens with zero attached hydrogens (tertiary/aromatic N) is 4. The molecular weight excluding hydrogens is 472 g/mol. The number of ether oxygens (including phenoxy) is 1. The van der Waals surface area contributed by atoms with Crippen molar-refractivity contribution in [2.45, 2.75) is 35.5 Å². The number of carbonyl (C=O) groups excluding carboxylic acids is 1. The van der Waals surface area contributed by atoms with E-state index in [1.165, 1.54) is 11.8 Å². The SMILES string of the molecule is CN1CCN(c2cnc(Sc3cccc(NC(=O)C4CCCN4)c3)nc2OCc2ccccc2)CC1. The van der Waals surface area contributed by atoms with Crippen molar-refractivity contribution in [3.63, 3.8) is 0 Å². The third kappa shape index (κ3) is 6.34. The molecule has 2 fully saturated rings. The minimum absolute atomic E-state index is 0.0130. The predicted molar refractivity (Wildman–Crippen MR) is 143 cm³/mol. The normalized spacial score (nSPS) is 18.2. The molecule has 188 valence electrons. The molecule has 2 aromatic carbocycles. The summed E-state index contributed by atoms with van der Waals surface area (Å²) in [5.41, 5.74) is 2.79. The monoisotopic (exact) mass is 504 g/mol. The van der Waals surface area contributed by atoms with Crippen LogP contribution in [0.4, 0.5) is 11.4 Å². The number of nitrogens with one attached hydrogen (secondary N) is 2. The first-order chi connectivity index (χ1) is 17.6. The topological polar surface area (TPSA) is 82.6 Å². The number of anilines is 2. The Labute approximate surface area is 216 Å². The highest BCUT2D eigenvalue weighted by molar-refractivity contribution is 7.99. The molecule has 5 rings (SSSR count). The Morgan fingerprint density at radius 2 is 1.97 bits per heavy atom. The lowest BCUT2D eigenvalue weighted by Gasteiger charge is -2.34. The quantitative estimate of drug-likeness (QED) is 0.450. The Bertz CT molecular complexity index is 1160. The van der Waals surface area contributed by atoms with E-state index < -0.39 is 0 Å². The first-order valence-corrected chi connectivity index (χ1v) is 13.2. The second kappa shape index (κ2) is 11.7. The molecule has 0 aliphatic carbocycles. The fourth-order valence-corrected chi connectivity index (χ4v) is 5.15. The first kappa shape index (κ1) is 24.5. The van der Waals surface area contributed by atoms with Crippen molar-refractivity contribution < 1.29 is 9.53 Å². The van der Waals surface area contributed by atoms with Crippen LogP contribution in [-0.4, -0.2) is 66.6 Å².